The molecule has 0 saturated carbocycles. The Labute approximate surface area is 163 Å². The number of carbonyl (C=O) groups is 1. The number of nitro benzene ring substituents is 1. The van der Waals surface area contributed by atoms with Crippen LogP contribution < -0.4 is 5.32 Å². The lowest BCUT2D eigenvalue weighted by Gasteiger charge is -2.27. The van der Waals surface area contributed by atoms with E-state index in [1.165, 1.54) is 43.0 Å². The maximum absolute atomic E-state index is 12.5. The summed E-state index contributed by atoms with van der Waals surface area (Å²) in [7, 11) is 0. The standard InChI is InChI=1S/C20H22ClN3O3/c21-17-8-9-18(19(12-17)24(26)27)20(25)22-13-15-6-2-3-7-16(15)14-23-10-4-1-5-11-23/h2-3,6-9,12H,1,4-5,10-11,13-14H2,(H,22,25). The Morgan fingerprint density at radius 2 is 1.81 bits per heavy atom. The molecule has 1 amide bonds. The largest absolute Gasteiger partial charge is 0.348 e. The van der Waals surface area contributed by atoms with Crippen molar-refractivity contribution in [3.63, 3.8) is 0 Å². The van der Waals surface area contributed by atoms with Crippen LogP contribution in [0.4, 0.5) is 5.69 Å². The fourth-order valence-corrected chi connectivity index (χ4v) is 3.53. The quantitative estimate of drug-likeness (QED) is 0.596. The van der Waals surface area contributed by atoms with Crippen LogP contribution >= 0.6 is 11.6 Å². The zero-order valence-corrected chi connectivity index (χ0v) is 15.7. The summed E-state index contributed by atoms with van der Waals surface area (Å²) in [5, 5.41) is 14.2. The number of nitro groups is 1. The molecule has 0 bridgehead atoms. The van der Waals surface area contributed by atoms with Crippen molar-refractivity contribution in [2.24, 2.45) is 0 Å². The molecule has 1 saturated heterocycles. The molecule has 0 atom stereocenters. The summed E-state index contributed by atoms with van der Waals surface area (Å²) in [4.78, 5) is 25.5. The van der Waals surface area contributed by atoms with Crippen LogP contribution in [0.1, 0.15) is 40.7 Å². The summed E-state index contributed by atoms with van der Waals surface area (Å²) in [5.74, 6) is -0.480. The van der Waals surface area contributed by atoms with Crippen molar-refractivity contribution in [1.29, 1.82) is 0 Å². The lowest BCUT2D eigenvalue weighted by atomic mass is 10.0. The van der Waals surface area contributed by atoms with E-state index >= 15 is 0 Å². The number of halogens is 1. The van der Waals surface area contributed by atoms with Crippen LogP contribution in [0, 0.1) is 10.1 Å². The van der Waals surface area contributed by atoms with E-state index in [1.807, 2.05) is 18.2 Å². The van der Waals surface area contributed by atoms with Crippen LogP contribution in [-0.2, 0) is 13.1 Å². The maximum atomic E-state index is 12.5. The van der Waals surface area contributed by atoms with Gasteiger partial charge in [-0.3, -0.25) is 19.8 Å². The first-order valence-electron chi connectivity index (χ1n) is 9.06. The predicted octanol–water partition coefficient (Wildman–Crippen LogP) is 4.16. The molecule has 142 valence electrons. The van der Waals surface area contributed by atoms with E-state index in [0.29, 0.717) is 6.54 Å². The van der Waals surface area contributed by atoms with Gasteiger partial charge in [0.1, 0.15) is 5.56 Å². The Hall–Kier alpha value is -2.44. The third-order valence-electron chi connectivity index (χ3n) is 4.80. The molecule has 2 aromatic rings. The van der Waals surface area contributed by atoms with E-state index in [9.17, 15) is 14.9 Å². The van der Waals surface area contributed by atoms with Crippen LogP contribution in [0.25, 0.3) is 0 Å². The molecule has 0 unspecified atom stereocenters. The highest BCUT2D eigenvalue weighted by molar-refractivity contribution is 6.31. The Kier molecular flexibility index (Phi) is 6.42. The van der Waals surface area contributed by atoms with Crippen molar-refractivity contribution >= 4 is 23.2 Å². The van der Waals surface area contributed by atoms with Crippen molar-refractivity contribution < 1.29 is 9.72 Å². The molecule has 0 aromatic heterocycles. The normalized spacial score (nSPS) is 14.7. The number of nitrogens with one attached hydrogen (secondary N) is 1. The summed E-state index contributed by atoms with van der Waals surface area (Å²) < 4.78 is 0. The number of rotatable bonds is 6. The summed E-state index contributed by atoms with van der Waals surface area (Å²) in [6, 6.07) is 12.0. The molecule has 1 aliphatic rings. The SMILES string of the molecule is O=C(NCc1ccccc1CN1CCCCC1)c1ccc(Cl)cc1[N+](=O)[O-]. The molecule has 3 rings (SSSR count). The van der Waals surface area contributed by atoms with Gasteiger partial charge in [0.2, 0.25) is 0 Å². The van der Waals surface area contributed by atoms with Gasteiger partial charge in [0.25, 0.3) is 11.6 Å². The van der Waals surface area contributed by atoms with Gasteiger partial charge in [-0.1, -0.05) is 42.3 Å². The summed E-state index contributed by atoms with van der Waals surface area (Å²) in [5.41, 5.74) is 1.91. The number of nitrogens with zero attached hydrogens (tertiary/aromatic N) is 2. The summed E-state index contributed by atoms with van der Waals surface area (Å²) >= 11 is 5.81. The Bertz CT molecular complexity index is 835. The number of piperidine rings is 1. The smallest absolute Gasteiger partial charge is 0.283 e. The Balaban J connectivity index is 1.70. The second-order valence-corrected chi connectivity index (χ2v) is 7.14. The predicted molar refractivity (Wildman–Crippen MR) is 105 cm³/mol. The Morgan fingerprint density at radius 1 is 1.11 bits per heavy atom. The summed E-state index contributed by atoms with van der Waals surface area (Å²) in [6.45, 7) is 3.37. The van der Waals surface area contributed by atoms with Crippen LogP contribution in [0.2, 0.25) is 5.02 Å². The number of hydrogen-bond acceptors (Lipinski definition) is 4. The molecule has 6 nitrogen and oxygen atoms in total. The molecular weight excluding hydrogens is 366 g/mol. The minimum Gasteiger partial charge on any atom is -0.348 e. The van der Waals surface area contributed by atoms with Crippen molar-refractivity contribution in [3.05, 3.63) is 74.3 Å². The molecule has 7 heteroatoms. The van der Waals surface area contributed by atoms with Gasteiger partial charge >= 0.3 is 0 Å². The monoisotopic (exact) mass is 387 g/mol. The van der Waals surface area contributed by atoms with E-state index in [4.69, 9.17) is 11.6 Å². The average molecular weight is 388 g/mol. The third kappa shape index (κ3) is 5.05. The first kappa shape index (κ1) is 19.3. The van der Waals surface area contributed by atoms with Crippen molar-refractivity contribution in [2.75, 3.05) is 13.1 Å². The number of likely N-dealkylation sites (tertiary alicyclic amines) is 1. The first-order valence-corrected chi connectivity index (χ1v) is 9.43. The average Bonchev–Trinajstić information content (AvgIpc) is 2.67. The maximum Gasteiger partial charge on any atom is 0.283 e. The van der Waals surface area contributed by atoms with E-state index in [0.717, 1.165) is 25.2 Å². The second-order valence-electron chi connectivity index (χ2n) is 6.71. The molecule has 2 aromatic carbocycles. The lowest BCUT2D eigenvalue weighted by Crippen LogP contribution is -2.30. The van der Waals surface area contributed by atoms with Gasteiger partial charge in [0, 0.05) is 24.2 Å². The van der Waals surface area contributed by atoms with Crippen molar-refractivity contribution in [2.45, 2.75) is 32.4 Å². The van der Waals surface area contributed by atoms with Gasteiger partial charge in [-0.05, 0) is 49.2 Å². The second kappa shape index (κ2) is 8.97. The molecule has 27 heavy (non-hydrogen) atoms. The molecule has 1 heterocycles. The van der Waals surface area contributed by atoms with Crippen LogP contribution in [0.5, 0.6) is 0 Å². The Morgan fingerprint density at radius 3 is 2.52 bits per heavy atom. The zero-order chi connectivity index (χ0) is 19.2. The topological polar surface area (TPSA) is 75.5 Å². The van der Waals surface area contributed by atoms with E-state index in [1.54, 1.807) is 0 Å². The summed E-state index contributed by atoms with van der Waals surface area (Å²) in [6.07, 6.45) is 3.73. The molecule has 0 aliphatic carbocycles. The van der Waals surface area contributed by atoms with Gasteiger partial charge in [-0.25, -0.2) is 0 Å². The van der Waals surface area contributed by atoms with Crippen LogP contribution in [0.3, 0.4) is 0 Å². The fraction of sp³-hybridized carbons (Fsp3) is 0.350. The molecular formula is C20H22ClN3O3. The molecule has 0 radical (unpaired) electrons. The number of carbonyl (C=O) groups excluding carboxylic acids is 1. The highest BCUT2D eigenvalue weighted by atomic mass is 35.5. The van der Waals surface area contributed by atoms with Crippen molar-refractivity contribution in [3.8, 4) is 0 Å². The van der Waals surface area contributed by atoms with E-state index in [-0.39, 0.29) is 16.3 Å². The van der Waals surface area contributed by atoms with Crippen LogP contribution in [-0.4, -0.2) is 28.8 Å². The number of benzene rings is 2. The fourth-order valence-electron chi connectivity index (χ4n) is 3.36. The zero-order valence-electron chi connectivity index (χ0n) is 15.0. The van der Waals surface area contributed by atoms with E-state index < -0.39 is 10.8 Å². The number of hydrogen-bond donors (Lipinski definition) is 1. The minimum absolute atomic E-state index is 0.0120. The number of amides is 1. The van der Waals surface area contributed by atoms with Crippen molar-refractivity contribution in [1.82, 2.24) is 10.2 Å². The highest BCUT2D eigenvalue weighted by Crippen LogP contribution is 2.23. The highest BCUT2D eigenvalue weighted by Gasteiger charge is 2.20. The molecule has 1 aliphatic heterocycles. The van der Waals surface area contributed by atoms with Gasteiger partial charge < -0.3 is 5.32 Å². The molecule has 1 N–H and O–H groups in total. The molecule has 1 fully saturated rings. The van der Waals surface area contributed by atoms with Gasteiger partial charge in [-0.2, -0.15) is 0 Å². The molecule has 0 spiro atoms. The minimum atomic E-state index is -0.592. The van der Waals surface area contributed by atoms with Gasteiger partial charge in [0.05, 0.1) is 4.92 Å². The van der Waals surface area contributed by atoms with Gasteiger partial charge in [-0.15, -0.1) is 0 Å². The van der Waals surface area contributed by atoms with Crippen LogP contribution in [0.15, 0.2) is 42.5 Å². The first-order chi connectivity index (χ1) is 13.0. The van der Waals surface area contributed by atoms with Gasteiger partial charge in [0.15, 0.2) is 0 Å². The third-order valence-corrected chi connectivity index (χ3v) is 5.04. The van der Waals surface area contributed by atoms with E-state index in [2.05, 4.69) is 16.3 Å². The lowest BCUT2D eigenvalue weighted by molar-refractivity contribution is -0.385.